The van der Waals surface area contributed by atoms with E-state index in [0.29, 0.717) is 26.4 Å². The van der Waals surface area contributed by atoms with Gasteiger partial charge in [0.2, 0.25) is 5.17 Å². The van der Waals surface area contributed by atoms with Crippen LogP contribution in [0.15, 0.2) is 47.6 Å². The Morgan fingerprint density at radius 2 is 1.68 bits per heavy atom. The molecule has 8 heteroatoms. The highest BCUT2D eigenvalue weighted by Crippen LogP contribution is 2.25. The summed E-state index contributed by atoms with van der Waals surface area (Å²) in [6.07, 6.45) is 0. The van der Waals surface area contributed by atoms with E-state index in [-0.39, 0.29) is 5.17 Å². The van der Waals surface area contributed by atoms with E-state index in [9.17, 15) is 4.79 Å². The first-order chi connectivity index (χ1) is 10.5. The van der Waals surface area contributed by atoms with Gasteiger partial charge in [-0.2, -0.15) is 5.10 Å². The zero-order valence-corrected chi connectivity index (χ0v) is 13.9. The van der Waals surface area contributed by atoms with E-state index in [1.807, 2.05) is 0 Å². The molecule has 4 nitrogen and oxygen atoms in total. The number of amides is 1. The third kappa shape index (κ3) is 4.52. The van der Waals surface area contributed by atoms with Gasteiger partial charge in [-0.15, -0.1) is 0 Å². The van der Waals surface area contributed by atoms with Crippen LogP contribution in [-0.4, -0.2) is 11.1 Å². The lowest BCUT2D eigenvalue weighted by atomic mass is 10.3. The molecule has 0 saturated carbocycles. The van der Waals surface area contributed by atoms with Crippen LogP contribution in [-0.2, 0) is 4.79 Å². The van der Waals surface area contributed by atoms with Crippen LogP contribution in [0.1, 0.15) is 0 Å². The fraction of sp³-hybridized carbons (Fsp3) is 0. The van der Waals surface area contributed by atoms with Crippen LogP contribution >= 0.6 is 46.4 Å². The lowest BCUT2D eigenvalue weighted by Crippen LogP contribution is -2.19. The van der Waals surface area contributed by atoms with Crippen molar-refractivity contribution in [1.82, 2.24) is 0 Å². The molecule has 0 spiro atoms. The van der Waals surface area contributed by atoms with E-state index in [4.69, 9.17) is 46.4 Å². The molecule has 0 bridgehead atoms. The minimum absolute atomic E-state index is 0.300. The zero-order valence-electron chi connectivity index (χ0n) is 10.9. The Labute approximate surface area is 147 Å². The Morgan fingerprint density at radius 1 is 0.955 bits per heavy atom. The molecule has 2 aromatic rings. The van der Waals surface area contributed by atoms with Crippen molar-refractivity contribution in [3.8, 4) is 0 Å². The van der Waals surface area contributed by atoms with E-state index in [1.54, 1.807) is 42.5 Å². The maximum atomic E-state index is 11.9. The first-order valence-corrected chi connectivity index (χ1v) is 7.48. The summed E-state index contributed by atoms with van der Waals surface area (Å²) in [7, 11) is 0. The van der Waals surface area contributed by atoms with Gasteiger partial charge in [-0.05, 0) is 30.3 Å². The Kier molecular flexibility index (Phi) is 5.91. The smallest absolute Gasteiger partial charge is 0.287 e. The molecule has 0 saturated heterocycles. The Balaban J connectivity index is 2.05. The van der Waals surface area contributed by atoms with Crippen LogP contribution in [0, 0.1) is 0 Å². The Bertz CT molecular complexity index is 734. The third-order valence-corrected chi connectivity index (χ3v) is 3.65. The van der Waals surface area contributed by atoms with E-state index in [1.165, 1.54) is 0 Å². The predicted octanol–water partition coefficient (Wildman–Crippen LogP) is 5.25. The van der Waals surface area contributed by atoms with Crippen molar-refractivity contribution in [3.05, 3.63) is 57.5 Å². The molecule has 0 aliphatic heterocycles. The SMILES string of the molecule is O=C(Nc1ccccc1Cl)/C(Cl)=N\Nc1ccc(Cl)cc1Cl. The van der Waals surface area contributed by atoms with Crippen LogP contribution in [0.2, 0.25) is 15.1 Å². The number of anilines is 2. The fourth-order valence-corrected chi connectivity index (χ4v) is 2.20. The van der Waals surface area contributed by atoms with Crippen molar-refractivity contribution in [2.75, 3.05) is 10.7 Å². The zero-order chi connectivity index (χ0) is 16.1. The highest BCUT2D eigenvalue weighted by Gasteiger charge is 2.11. The summed E-state index contributed by atoms with van der Waals surface area (Å²) in [4.78, 5) is 11.9. The van der Waals surface area contributed by atoms with Crippen molar-refractivity contribution in [2.24, 2.45) is 5.10 Å². The van der Waals surface area contributed by atoms with Crippen molar-refractivity contribution in [3.63, 3.8) is 0 Å². The van der Waals surface area contributed by atoms with Crippen LogP contribution in [0.4, 0.5) is 11.4 Å². The molecular formula is C14H9Cl4N3O. The van der Waals surface area contributed by atoms with Gasteiger partial charge in [-0.1, -0.05) is 58.5 Å². The summed E-state index contributed by atoms with van der Waals surface area (Å²) >= 11 is 23.5. The van der Waals surface area contributed by atoms with Crippen LogP contribution < -0.4 is 10.7 Å². The summed E-state index contributed by atoms with van der Waals surface area (Å²) < 4.78 is 0. The molecule has 0 aliphatic rings. The second-order valence-corrected chi connectivity index (χ2v) is 5.68. The lowest BCUT2D eigenvalue weighted by Gasteiger charge is -2.07. The number of hydrogen-bond donors (Lipinski definition) is 2. The molecular weight excluding hydrogens is 368 g/mol. The van der Waals surface area contributed by atoms with Gasteiger partial charge in [0.25, 0.3) is 5.91 Å². The summed E-state index contributed by atoms with van der Waals surface area (Å²) in [5, 5.41) is 7.24. The Morgan fingerprint density at radius 3 is 2.36 bits per heavy atom. The molecule has 0 unspecified atom stereocenters. The molecule has 0 heterocycles. The molecule has 2 rings (SSSR count). The first kappa shape index (κ1) is 16.9. The molecule has 1 amide bonds. The third-order valence-electron chi connectivity index (χ3n) is 2.52. The highest BCUT2D eigenvalue weighted by molar-refractivity contribution is 6.84. The normalized spacial score (nSPS) is 11.2. The van der Waals surface area contributed by atoms with Crippen molar-refractivity contribution in [2.45, 2.75) is 0 Å². The standard InChI is InChI=1S/C14H9Cl4N3O/c15-8-5-6-12(10(17)7-8)20-21-13(18)14(22)19-11-4-2-1-3-9(11)16/h1-7,20H,(H,19,22)/b21-13+. The van der Waals surface area contributed by atoms with Crippen molar-refractivity contribution >= 4 is 68.9 Å². The molecule has 0 aliphatic carbocycles. The topological polar surface area (TPSA) is 53.5 Å². The average molecular weight is 377 g/mol. The molecule has 0 aromatic heterocycles. The molecule has 2 aromatic carbocycles. The molecule has 0 radical (unpaired) electrons. The number of carbonyl (C=O) groups is 1. The van der Waals surface area contributed by atoms with Crippen molar-refractivity contribution in [1.29, 1.82) is 0 Å². The minimum Gasteiger partial charge on any atom is -0.318 e. The lowest BCUT2D eigenvalue weighted by molar-refractivity contribution is -0.110. The predicted molar refractivity (Wildman–Crippen MR) is 93.5 cm³/mol. The molecule has 0 atom stereocenters. The largest absolute Gasteiger partial charge is 0.318 e. The van der Waals surface area contributed by atoms with Crippen molar-refractivity contribution < 1.29 is 4.79 Å². The molecule has 2 N–H and O–H groups in total. The average Bonchev–Trinajstić information content (AvgIpc) is 2.48. The van der Waals surface area contributed by atoms with Crippen LogP contribution in [0.5, 0.6) is 0 Å². The highest BCUT2D eigenvalue weighted by atomic mass is 35.5. The quantitative estimate of drug-likeness (QED) is 0.565. The Hall–Kier alpha value is -1.46. The minimum atomic E-state index is -0.604. The number of nitrogens with one attached hydrogen (secondary N) is 2. The van der Waals surface area contributed by atoms with E-state index < -0.39 is 5.91 Å². The molecule has 0 fully saturated rings. The summed E-state index contributed by atoms with van der Waals surface area (Å²) in [5.41, 5.74) is 3.50. The van der Waals surface area contributed by atoms with Gasteiger partial charge < -0.3 is 5.32 Å². The summed E-state index contributed by atoms with van der Waals surface area (Å²) in [5.74, 6) is -0.604. The van der Waals surface area contributed by atoms with Gasteiger partial charge >= 0.3 is 0 Å². The van der Waals surface area contributed by atoms with Gasteiger partial charge in [0, 0.05) is 5.02 Å². The van der Waals surface area contributed by atoms with Gasteiger partial charge in [0.05, 0.1) is 21.4 Å². The second-order valence-electron chi connectivity index (χ2n) is 4.07. The number of para-hydroxylation sites is 1. The van der Waals surface area contributed by atoms with E-state index in [0.717, 1.165) is 0 Å². The number of halogens is 4. The second kappa shape index (κ2) is 7.70. The molecule has 22 heavy (non-hydrogen) atoms. The van der Waals surface area contributed by atoms with Gasteiger partial charge in [0.15, 0.2) is 0 Å². The van der Waals surface area contributed by atoms with E-state index >= 15 is 0 Å². The number of nitrogens with zero attached hydrogens (tertiary/aromatic N) is 1. The van der Waals surface area contributed by atoms with Gasteiger partial charge in [0.1, 0.15) is 0 Å². The maximum Gasteiger partial charge on any atom is 0.287 e. The number of rotatable bonds is 4. The van der Waals surface area contributed by atoms with Crippen LogP contribution in [0.3, 0.4) is 0 Å². The van der Waals surface area contributed by atoms with Gasteiger partial charge in [-0.3, -0.25) is 10.2 Å². The number of benzene rings is 2. The number of hydrazone groups is 1. The number of hydrogen-bond acceptors (Lipinski definition) is 3. The van der Waals surface area contributed by atoms with Crippen LogP contribution in [0.25, 0.3) is 0 Å². The maximum absolute atomic E-state index is 11.9. The van der Waals surface area contributed by atoms with Gasteiger partial charge in [-0.25, -0.2) is 0 Å². The summed E-state index contributed by atoms with van der Waals surface area (Å²) in [6, 6.07) is 11.6. The van der Waals surface area contributed by atoms with E-state index in [2.05, 4.69) is 15.8 Å². The first-order valence-electron chi connectivity index (χ1n) is 5.97. The monoisotopic (exact) mass is 375 g/mol. The number of carbonyl (C=O) groups excluding carboxylic acids is 1. The molecule has 114 valence electrons. The summed E-state index contributed by atoms with van der Waals surface area (Å²) in [6.45, 7) is 0. The fourth-order valence-electron chi connectivity index (χ4n) is 1.48.